The molecule has 0 fully saturated rings. The van der Waals surface area contributed by atoms with Gasteiger partial charge in [-0.3, -0.25) is 4.79 Å². The first kappa shape index (κ1) is 15.1. The second-order valence-corrected chi connectivity index (χ2v) is 6.67. The van der Waals surface area contributed by atoms with Crippen LogP contribution in [0.15, 0.2) is 18.2 Å². The average Bonchev–Trinajstić information content (AvgIpc) is 2.46. The van der Waals surface area contributed by atoms with Gasteiger partial charge >= 0.3 is 0 Å². The minimum absolute atomic E-state index is 0.0838. The minimum Gasteiger partial charge on any atom is -0.349 e. The first-order valence-electron chi connectivity index (χ1n) is 7.86. The van der Waals surface area contributed by atoms with Gasteiger partial charge in [-0.15, -0.1) is 0 Å². The van der Waals surface area contributed by atoms with Crippen LogP contribution in [0.25, 0.3) is 0 Å². The lowest BCUT2D eigenvalue weighted by Crippen LogP contribution is -2.37. The maximum Gasteiger partial charge on any atom is 0.226 e. The average molecular weight is 273 g/mol. The Bertz CT molecular complexity index is 490. The zero-order chi connectivity index (χ0) is 14.8. The van der Waals surface area contributed by atoms with Gasteiger partial charge in [-0.05, 0) is 55.7 Å². The van der Waals surface area contributed by atoms with Crippen molar-refractivity contribution in [3.63, 3.8) is 0 Å². The predicted octanol–water partition coefficient (Wildman–Crippen LogP) is 4.18. The first-order chi connectivity index (χ1) is 9.44. The van der Waals surface area contributed by atoms with Crippen molar-refractivity contribution in [2.75, 3.05) is 0 Å². The summed E-state index contributed by atoms with van der Waals surface area (Å²) < 4.78 is 0. The van der Waals surface area contributed by atoms with E-state index in [1.807, 2.05) is 13.8 Å². The van der Waals surface area contributed by atoms with E-state index < -0.39 is 0 Å². The van der Waals surface area contributed by atoms with Gasteiger partial charge in [0.2, 0.25) is 5.91 Å². The van der Waals surface area contributed by atoms with E-state index in [1.165, 1.54) is 42.4 Å². The van der Waals surface area contributed by atoms with Crippen molar-refractivity contribution in [2.24, 2.45) is 5.41 Å². The number of carbonyl (C=O) groups excluding carboxylic acids is 1. The Morgan fingerprint density at radius 1 is 1.25 bits per heavy atom. The second-order valence-electron chi connectivity index (χ2n) is 6.67. The van der Waals surface area contributed by atoms with Crippen LogP contribution >= 0.6 is 0 Å². The summed E-state index contributed by atoms with van der Waals surface area (Å²) in [5.74, 6) is 0.144. The molecule has 1 aliphatic carbocycles. The second kappa shape index (κ2) is 5.99. The summed E-state index contributed by atoms with van der Waals surface area (Å²) in [5.41, 5.74) is 3.91. The number of carbonyl (C=O) groups is 1. The highest BCUT2D eigenvalue weighted by Gasteiger charge is 2.26. The lowest BCUT2D eigenvalue weighted by Gasteiger charge is -2.25. The van der Waals surface area contributed by atoms with Crippen molar-refractivity contribution >= 4 is 5.91 Å². The van der Waals surface area contributed by atoms with Gasteiger partial charge in [0.05, 0.1) is 6.04 Å². The molecular formula is C18H27NO. The molecule has 1 unspecified atom stereocenters. The molecule has 0 aromatic heterocycles. The maximum atomic E-state index is 12.3. The first-order valence-corrected chi connectivity index (χ1v) is 7.86. The molecule has 1 N–H and O–H groups in total. The highest BCUT2D eigenvalue weighted by atomic mass is 16.2. The predicted molar refractivity (Wildman–Crippen MR) is 83.7 cm³/mol. The van der Waals surface area contributed by atoms with Crippen LogP contribution in [0.1, 0.15) is 69.7 Å². The molecule has 20 heavy (non-hydrogen) atoms. The monoisotopic (exact) mass is 273 g/mol. The van der Waals surface area contributed by atoms with Gasteiger partial charge in [-0.25, -0.2) is 0 Å². The molecule has 1 amide bonds. The van der Waals surface area contributed by atoms with Crippen LogP contribution in [0.3, 0.4) is 0 Å². The van der Waals surface area contributed by atoms with Gasteiger partial charge in [-0.2, -0.15) is 0 Å². The molecule has 1 aliphatic rings. The maximum absolute atomic E-state index is 12.3. The molecule has 2 rings (SSSR count). The van der Waals surface area contributed by atoms with Crippen molar-refractivity contribution in [2.45, 2.75) is 65.8 Å². The van der Waals surface area contributed by atoms with E-state index in [-0.39, 0.29) is 17.4 Å². The van der Waals surface area contributed by atoms with Crippen molar-refractivity contribution in [3.8, 4) is 0 Å². The summed E-state index contributed by atoms with van der Waals surface area (Å²) >= 11 is 0. The Hall–Kier alpha value is -1.31. The van der Waals surface area contributed by atoms with Crippen molar-refractivity contribution < 1.29 is 4.79 Å². The molecule has 0 saturated carbocycles. The molecule has 2 heteroatoms. The van der Waals surface area contributed by atoms with Gasteiger partial charge in [0.15, 0.2) is 0 Å². The van der Waals surface area contributed by atoms with Crippen LogP contribution in [-0.2, 0) is 17.6 Å². The van der Waals surface area contributed by atoms with Gasteiger partial charge in [-0.1, -0.05) is 39.0 Å². The van der Waals surface area contributed by atoms with Gasteiger partial charge in [0, 0.05) is 5.41 Å². The molecular weight excluding hydrogens is 246 g/mol. The highest BCUT2D eigenvalue weighted by molar-refractivity contribution is 5.82. The molecule has 2 nitrogen and oxygen atoms in total. The third-order valence-electron chi connectivity index (χ3n) is 4.72. The Labute approximate surface area is 123 Å². The topological polar surface area (TPSA) is 29.1 Å². The van der Waals surface area contributed by atoms with Crippen LogP contribution in [-0.4, -0.2) is 5.91 Å². The number of hydrogen-bond donors (Lipinski definition) is 1. The van der Waals surface area contributed by atoms with Crippen LogP contribution in [0.4, 0.5) is 0 Å². The van der Waals surface area contributed by atoms with Crippen LogP contribution in [0.2, 0.25) is 0 Å². The quantitative estimate of drug-likeness (QED) is 0.876. The molecule has 110 valence electrons. The van der Waals surface area contributed by atoms with E-state index >= 15 is 0 Å². The smallest absolute Gasteiger partial charge is 0.226 e. The number of hydrogen-bond acceptors (Lipinski definition) is 1. The van der Waals surface area contributed by atoms with Crippen LogP contribution in [0.5, 0.6) is 0 Å². The number of rotatable bonds is 4. The van der Waals surface area contributed by atoms with E-state index in [1.54, 1.807) is 0 Å². The van der Waals surface area contributed by atoms with Crippen LogP contribution in [0, 0.1) is 5.41 Å². The molecule has 0 bridgehead atoms. The molecule has 0 saturated heterocycles. The summed E-state index contributed by atoms with van der Waals surface area (Å²) in [6.07, 6.45) is 5.85. The van der Waals surface area contributed by atoms with Gasteiger partial charge < -0.3 is 5.32 Å². The molecule has 0 spiro atoms. The van der Waals surface area contributed by atoms with Crippen LogP contribution < -0.4 is 5.32 Å². The van der Waals surface area contributed by atoms with Gasteiger partial charge in [0.25, 0.3) is 0 Å². The van der Waals surface area contributed by atoms with E-state index in [9.17, 15) is 4.79 Å². The van der Waals surface area contributed by atoms with Gasteiger partial charge in [0.1, 0.15) is 0 Å². The largest absolute Gasteiger partial charge is 0.349 e. The zero-order valence-corrected chi connectivity index (χ0v) is 13.3. The number of fused-ring (bicyclic) bond motifs is 1. The highest BCUT2D eigenvalue weighted by Crippen LogP contribution is 2.26. The number of amides is 1. The summed E-state index contributed by atoms with van der Waals surface area (Å²) in [6, 6.07) is 6.80. The molecule has 1 aromatic carbocycles. The summed E-state index contributed by atoms with van der Waals surface area (Å²) in [6.45, 7) is 8.14. The zero-order valence-electron chi connectivity index (χ0n) is 13.3. The minimum atomic E-state index is -0.289. The SMILES string of the molecule is CCC(C)(C)C(=O)NC(C)c1ccc2c(c1)CCCC2. The number of benzene rings is 1. The van der Waals surface area contributed by atoms with E-state index in [0.717, 1.165) is 6.42 Å². The molecule has 0 radical (unpaired) electrons. The van der Waals surface area contributed by atoms with E-state index in [0.29, 0.717) is 0 Å². The fourth-order valence-corrected chi connectivity index (χ4v) is 2.66. The summed E-state index contributed by atoms with van der Waals surface area (Å²) in [4.78, 5) is 12.3. The Balaban J connectivity index is 2.10. The van der Waals surface area contributed by atoms with E-state index in [2.05, 4.69) is 37.4 Å². The van der Waals surface area contributed by atoms with Crippen molar-refractivity contribution in [3.05, 3.63) is 34.9 Å². The molecule has 0 aliphatic heterocycles. The van der Waals surface area contributed by atoms with Crippen molar-refractivity contribution in [1.29, 1.82) is 0 Å². The summed E-state index contributed by atoms with van der Waals surface area (Å²) in [5, 5.41) is 3.16. The standard InChI is InChI=1S/C18H27NO/c1-5-18(3,4)17(20)19-13(2)15-11-10-14-8-6-7-9-16(14)12-15/h10-13H,5-9H2,1-4H3,(H,19,20). The normalized spacial score (nSPS) is 16.4. The lowest BCUT2D eigenvalue weighted by atomic mass is 9.87. The fraction of sp³-hybridized carbons (Fsp3) is 0.611. The summed E-state index contributed by atoms with van der Waals surface area (Å²) in [7, 11) is 0. The third-order valence-corrected chi connectivity index (χ3v) is 4.72. The Morgan fingerprint density at radius 3 is 2.55 bits per heavy atom. The fourth-order valence-electron chi connectivity index (χ4n) is 2.66. The number of aryl methyl sites for hydroxylation is 2. The third kappa shape index (κ3) is 3.23. The van der Waals surface area contributed by atoms with E-state index in [4.69, 9.17) is 0 Å². The van der Waals surface area contributed by atoms with Crippen molar-refractivity contribution in [1.82, 2.24) is 5.32 Å². The Morgan fingerprint density at radius 2 is 1.90 bits per heavy atom. The number of nitrogens with one attached hydrogen (secondary N) is 1. The Kier molecular flexibility index (Phi) is 4.52. The molecule has 1 aromatic rings. The molecule has 0 heterocycles. The molecule has 1 atom stereocenters. The lowest BCUT2D eigenvalue weighted by molar-refractivity contribution is -0.130.